The smallest absolute Gasteiger partial charge is 0.159 e. The topological polar surface area (TPSA) is 38.2 Å². The van der Waals surface area contributed by atoms with Gasteiger partial charge in [-0.2, -0.15) is 0 Å². The average molecular weight is 592 g/mol. The number of aromatic nitrogens is 2. The predicted molar refractivity (Wildman–Crippen MR) is 185 cm³/mol. The molecule has 2 heterocycles. The lowest BCUT2D eigenvalue weighted by Gasteiger charge is -2.39. The number of rotatable bonds is 4. The van der Waals surface area contributed by atoms with Crippen LogP contribution in [0, 0.1) is 0 Å². The molecule has 4 nitrogen and oxygen atoms in total. The van der Waals surface area contributed by atoms with E-state index < -0.39 is 5.41 Å². The average Bonchev–Trinajstić information content (AvgIpc) is 3.41. The van der Waals surface area contributed by atoms with Crippen LogP contribution in [-0.4, -0.2) is 17.0 Å². The first-order chi connectivity index (χ1) is 22.7. The molecule has 9 rings (SSSR count). The van der Waals surface area contributed by atoms with E-state index >= 15 is 0 Å². The summed E-state index contributed by atoms with van der Waals surface area (Å²) >= 11 is 0. The Balaban J connectivity index is 1.26. The monoisotopic (exact) mass is 591 g/mol. The summed E-state index contributed by atoms with van der Waals surface area (Å²) in [5.41, 5.74) is 12.2. The maximum absolute atomic E-state index is 6.57. The number of benzene rings is 6. The molecular formula is C42H29N3O. The van der Waals surface area contributed by atoms with Crippen molar-refractivity contribution in [2.45, 2.75) is 5.41 Å². The number of fused-ring (bicyclic) bond motifs is 9. The molecule has 1 aliphatic heterocycles. The lowest BCUT2D eigenvalue weighted by molar-refractivity contribution is 0.436. The normalized spacial score (nSPS) is 13.2. The highest BCUT2D eigenvalue weighted by Crippen LogP contribution is 2.62. The zero-order valence-corrected chi connectivity index (χ0v) is 25.3. The molecule has 46 heavy (non-hydrogen) atoms. The van der Waals surface area contributed by atoms with Gasteiger partial charge in [-0.15, -0.1) is 0 Å². The molecule has 218 valence electrons. The Hall–Kier alpha value is -6.00. The third-order valence-electron chi connectivity index (χ3n) is 9.50. The Labute approximate surface area is 268 Å². The summed E-state index contributed by atoms with van der Waals surface area (Å²) in [6.45, 7) is 0. The highest BCUT2D eigenvalue weighted by Gasteiger charge is 2.51. The molecule has 0 N–H and O–H groups in total. The number of nitrogens with zero attached hydrogens (tertiary/aromatic N) is 3. The van der Waals surface area contributed by atoms with Gasteiger partial charge in [0, 0.05) is 47.5 Å². The summed E-state index contributed by atoms with van der Waals surface area (Å²) in [6, 6.07) is 51.6. The molecule has 1 aliphatic carbocycles. The minimum absolute atomic E-state index is 0.588. The van der Waals surface area contributed by atoms with Gasteiger partial charge in [-0.05, 0) is 81.9 Å². The molecule has 0 amide bonds. The van der Waals surface area contributed by atoms with Crippen molar-refractivity contribution >= 4 is 11.4 Å². The molecule has 1 aromatic heterocycles. The number of hydrogen-bond acceptors (Lipinski definition) is 4. The van der Waals surface area contributed by atoms with Crippen LogP contribution in [0.1, 0.15) is 22.3 Å². The van der Waals surface area contributed by atoms with E-state index in [4.69, 9.17) is 4.74 Å². The standard InChI is InChI=1S/C42H29N3O/c1-45(31-19-16-29(17-20-31)28-10-3-2-4-11-28)32-21-23-34-33-22-18-30(41-43-24-9-25-44-41)26-37(33)42(38(34)27-32)35-12-5-7-14-39(35)46-40-15-8-6-13-36(40)42/h2-27H,1H3. The van der Waals surface area contributed by atoms with Gasteiger partial charge in [0.2, 0.25) is 0 Å². The van der Waals surface area contributed by atoms with Crippen LogP contribution in [0.15, 0.2) is 158 Å². The highest BCUT2D eigenvalue weighted by atomic mass is 16.5. The van der Waals surface area contributed by atoms with E-state index in [9.17, 15) is 0 Å². The van der Waals surface area contributed by atoms with Crippen LogP contribution in [0.25, 0.3) is 33.6 Å². The van der Waals surface area contributed by atoms with Crippen molar-refractivity contribution in [1.82, 2.24) is 9.97 Å². The zero-order valence-electron chi connectivity index (χ0n) is 25.3. The summed E-state index contributed by atoms with van der Waals surface area (Å²) in [6.07, 6.45) is 3.60. The SMILES string of the molecule is CN(c1ccc(-c2ccccc2)cc1)c1ccc2c(c1)C1(c3ccccc3Oc3ccccc31)c1cc(-c3ncccn3)ccc1-2. The van der Waals surface area contributed by atoms with Gasteiger partial charge in [0.1, 0.15) is 11.5 Å². The Morgan fingerprint density at radius 2 is 1.02 bits per heavy atom. The van der Waals surface area contributed by atoms with Crippen LogP contribution < -0.4 is 9.64 Å². The second-order valence-electron chi connectivity index (χ2n) is 11.9. The van der Waals surface area contributed by atoms with Gasteiger partial charge in [-0.1, -0.05) is 97.1 Å². The molecule has 0 bridgehead atoms. The van der Waals surface area contributed by atoms with E-state index in [-0.39, 0.29) is 0 Å². The van der Waals surface area contributed by atoms with E-state index in [0.29, 0.717) is 5.82 Å². The first-order valence-corrected chi connectivity index (χ1v) is 15.5. The van der Waals surface area contributed by atoms with Gasteiger partial charge in [-0.25, -0.2) is 9.97 Å². The molecule has 2 aliphatic rings. The zero-order chi connectivity index (χ0) is 30.7. The van der Waals surface area contributed by atoms with Crippen LogP contribution in [0.2, 0.25) is 0 Å². The molecule has 6 aromatic carbocycles. The summed E-state index contributed by atoms with van der Waals surface area (Å²) in [7, 11) is 2.14. The Kier molecular flexibility index (Phi) is 5.90. The molecule has 1 spiro atoms. The van der Waals surface area contributed by atoms with E-state index in [1.54, 1.807) is 12.4 Å². The lowest BCUT2D eigenvalue weighted by atomic mass is 9.66. The summed E-state index contributed by atoms with van der Waals surface area (Å²) in [4.78, 5) is 11.5. The molecule has 4 heteroatoms. The van der Waals surface area contributed by atoms with Crippen molar-refractivity contribution in [2.24, 2.45) is 0 Å². The van der Waals surface area contributed by atoms with Gasteiger partial charge >= 0.3 is 0 Å². The molecule has 0 fully saturated rings. The lowest BCUT2D eigenvalue weighted by Crippen LogP contribution is -2.32. The number of para-hydroxylation sites is 2. The number of hydrogen-bond donors (Lipinski definition) is 0. The maximum Gasteiger partial charge on any atom is 0.159 e. The quantitative estimate of drug-likeness (QED) is 0.204. The van der Waals surface area contributed by atoms with Crippen LogP contribution >= 0.6 is 0 Å². The fourth-order valence-corrected chi connectivity index (χ4v) is 7.34. The molecule has 0 unspecified atom stereocenters. The molecule has 0 atom stereocenters. The highest BCUT2D eigenvalue weighted by molar-refractivity contribution is 5.91. The van der Waals surface area contributed by atoms with Gasteiger partial charge in [-0.3, -0.25) is 0 Å². The molecule has 0 radical (unpaired) electrons. The van der Waals surface area contributed by atoms with E-state index in [1.165, 1.54) is 33.4 Å². The molecular weight excluding hydrogens is 562 g/mol. The minimum Gasteiger partial charge on any atom is -0.457 e. The van der Waals surface area contributed by atoms with Crippen molar-refractivity contribution in [3.63, 3.8) is 0 Å². The van der Waals surface area contributed by atoms with Crippen LogP contribution in [0.3, 0.4) is 0 Å². The fourth-order valence-electron chi connectivity index (χ4n) is 7.34. The van der Waals surface area contributed by atoms with Gasteiger partial charge in [0.05, 0.1) is 5.41 Å². The van der Waals surface area contributed by atoms with E-state index in [2.05, 4.69) is 161 Å². The second-order valence-corrected chi connectivity index (χ2v) is 11.9. The number of ether oxygens (including phenoxy) is 1. The second kappa shape index (κ2) is 10.3. The first-order valence-electron chi connectivity index (χ1n) is 15.5. The maximum atomic E-state index is 6.57. The molecule has 7 aromatic rings. The van der Waals surface area contributed by atoms with Crippen molar-refractivity contribution in [3.05, 3.63) is 180 Å². The minimum atomic E-state index is -0.588. The number of anilines is 2. The summed E-state index contributed by atoms with van der Waals surface area (Å²) in [5.74, 6) is 2.46. The van der Waals surface area contributed by atoms with Crippen molar-refractivity contribution in [2.75, 3.05) is 11.9 Å². The van der Waals surface area contributed by atoms with Crippen LogP contribution in [0.4, 0.5) is 11.4 Å². The Morgan fingerprint density at radius 1 is 0.478 bits per heavy atom. The van der Waals surface area contributed by atoms with Gasteiger partial charge in [0.15, 0.2) is 5.82 Å². The van der Waals surface area contributed by atoms with Crippen molar-refractivity contribution in [1.29, 1.82) is 0 Å². The largest absolute Gasteiger partial charge is 0.457 e. The van der Waals surface area contributed by atoms with Crippen LogP contribution in [0.5, 0.6) is 11.5 Å². The third kappa shape index (κ3) is 3.87. The van der Waals surface area contributed by atoms with Crippen molar-refractivity contribution in [3.8, 4) is 45.1 Å². The van der Waals surface area contributed by atoms with Crippen molar-refractivity contribution < 1.29 is 4.74 Å². The molecule has 0 saturated carbocycles. The summed E-state index contributed by atoms with van der Waals surface area (Å²) in [5, 5.41) is 0. The first kappa shape index (κ1) is 26.4. The Morgan fingerprint density at radius 3 is 1.72 bits per heavy atom. The van der Waals surface area contributed by atoms with Gasteiger partial charge < -0.3 is 9.64 Å². The predicted octanol–water partition coefficient (Wildman–Crippen LogP) is 10.0. The summed E-state index contributed by atoms with van der Waals surface area (Å²) < 4.78 is 6.57. The van der Waals surface area contributed by atoms with E-state index in [0.717, 1.165) is 39.6 Å². The van der Waals surface area contributed by atoms with E-state index in [1.807, 2.05) is 6.07 Å². The van der Waals surface area contributed by atoms with Crippen LogP contribution in [-0.2, 0) is 5.41 Å². The third-order valence-corrected chi connectivity index (χ3v) is 9.50. The fraction of sp³-hybridized carbons (Fsp3) is 0.0476. The molecule has 0 saturated heterocycles. The van der Waals surface area contributed by atoms with Gasteiger partial charge in [0.25, 0.3) is 0 Å². The Bertz CT molecular complexity index is 2200.